The Morgan fingerprint density at radius 2 is 0.556 bits per heavy atom. The third-order valence-electron chi connectivity index (χ3n) is 0. The molecular formula is C10H20O8. The number of hydrogen-bond acceptors (Lipinski definition) is 4. The fourth-order valence-electron chi connectivity index (χ4n) is 0. The Morgan fingerprint density at radius 3 is 0.556 bits per heavy atom. The maximum atomic E-state index is 9.00. The second-order valence-electron chi connectivity index (χ2n) is 2.08. The predicted molar refractivity (Wildman–Crippen MR) is 64.5 cm³/mol. The summed E-state index contributed by atoms with van der Waals surface area (Å²) in [5.74, 6) is -3.33. The van der Waals surface area contributed by atoms with Gasteiger partial charge in [0.1, 0.15) is 0 Å². The minimum absolute atomic E-state index is 0.833. The van der Waals surface area contributed by atoms with Crippen LogP contribution in [0, 0.1) is 0 Å². The standard InChI is InChI=1S/4C2H4O2.C2H4/c4*1-2(3)4;1-2/h4*1H3,(H,3,4);1-2H2. The highest BCUT2D eigenvalue weighted by Gasteiger charge is 1.66. The van der Waals surface area contributed by atoms with Crippen LogP contribution >= 0.6 is 0 Å². The first-order chi connectivity index (χ1) is 7.93. The molecule has 0 radical (unpaired) electrons. The van der Waals surface area contributed by atoms with Crippen molar-refractivity contribution >= 4 is 23.9 Å². The van der Waals surface area contributed by atoms with E-state index in [1.807, 2.05) is 0 Å². The van der Waals surface area contributed by atoms with Gasteiger partial charge in [0.05, 0.1) is 0 Å². The quantitative estimate of drug-likeness (QED) is 0.478. The number of aliphatic carboxylic acids is 4. The number of carboxylic acids is 4. The van der Waals surface area contributed by atoms with Gasteiger partial charge in [-0.1, -0.05) is 0 Å². The van der Waals surface area contributed by atoms with Crippen molar-refractivity contribution in [1.82, 2.24) is 0 Å². The average molecular weight is 268 g/mol. The van der Waals surface area contributed by atoms with E-state index in [4.69, 9.17) is 39.6 Å². The van der Waals surface area contributed by atoms with Crippen molar-refractivity contribution in [2.24, 2.45) is 0 Å². The van der Waals surface area contributed by atoms with Gasteiger partial charge in [0.25, 0.3) is 23.9 Å². The Bertz CT molecular complexity index is 170. The molecular weight excluding hydrogens is 248 g/mol. The maximum Gasteiger partial charge on any atom is 0.300 e. The first-order valence-corrected chi connectivity index (χ1v) is 4.21. The highest BCUT2D eigenvalue weighted by Crippen LogP contribution is 1.43. The molecule has 8 heteroatoms. The molecule has 0 unspecified atom stereocenters. The van der Waals surface area contributed by atoms with E-state index in [1.54, 1.807) is 0 Å². The second kappa shape index (κ2) is 29.3. The summed E-state index contributed by atoms with van der Waals surface area (Å²) in [7, 11) is 0. The molecule has 0 heterocycles. The van der Waals surface area contributed by atoms with Crippen molar-refractivity contribution in [3.05, 3.63) is 13.2 Å². The van der Waals surface area contributed by atoms with Crippen LogP contribution in [0.25, 0.3) is 0 Å². The van der Waals surface area contributed by atoms with Crippen LogP contribution in [0.15, 0.2) is 13.2 Å². The van der Waals surface area contributed by atoms with Crippen LogP contribution in [0.4, 0.5) is 0 Å². The van der Waals surface area contributed by atoms with Crippen molar-refractivity contribution in [3.8, 4) is 0 Å². The molecule has 0 rings (SSSR count). The van der Waals surface area contributed by atoms with Crippen LogP contribution in [0.5, 0.6) is 0 Å². The Kier molecular flexibility index (Phi) is 48.2. The third kappa shape index (κ3) is 383. The Balaban J connectivity index is -0.0000000399. The summed E-state index contributed by atoms with van der Waals surface area (Å²) < 4.78 is 0. The van der Waals surface area contributed by atoms with Crippen LogP contribution in [0.2, 0.25) is 0 Å². The lowest BCUT2D eigenvalue weighted by atomic mass is 10.9. The molecule has 0 fully saturated rings. The number of rotatable bonds is 0. The summed E-state index contributed by atoms with van der Waals surface area (Å²) in [5.41, 5.74) is 0. The molecule has 0 atom stereocenters. The van der Waals surface area contributed by atoms with Crippen LogP contribution in [0.3, 0.4) is 0 Å². The maximum absolute atomic E-state index is 9.00. The van der Waals surface area contributed by atoms with Crippen molar-refractivity contribution < 1.29 is 39.6 Å². The normalized spacial score (nSPS) is 5.78. The molecule has 108 valence electrons. The molecule has 0 spiro atoms. The summed E-state index contributed by atoms with van der Waals surface area (Å²) in [4.78, 5) is 36.0. The molecule has 0 aromatic carbocycles. The second-order valence-corrected chi connectivity index (χ2v) is 2.08. The van der Waals surface area contributed by atoms with Crippen molar-refractivity contribution in [1.29, 1.82) is 0 Å². The SMILES string of the molecule is C=C.CC(=O)O.CC(=O)O.CC(=O)O.CC(=O)O. The Hall–Kier alpha value is -2.38. The van der Waals surface area contributed by atoms with Crippen LogP contribution in [0.1, 0.15) is 27.7 Å². The fourth-order valence-corrected chi connectivity index (χ4v) is 0. The lowest BCUT2D eigenvalue weighted by Gasteiger charge is -1.59. The Morgan fingerprint density at radius 1 is 0.556 bits per heavy atom. The molecule has 0 aliphatic rings. The number of carboxylic acid groups (broad SMARTS) is 4. The van der Waals surface area contributed by atoms with Crippen LogP contribution in [-0.2, 0) is 19.2 Å². The van der Waals surface area contributed by atoms with E-state index in [2.05, 4.69) is 13.2 Å². The highest BCUT2D eigenvalue weighted by molar-refractivity contribution is 5.63. The smallest absolute Gasteiger partial charge is 0.300 e. The number of carbonyl (C=O) groups is 4. The predicted octanol–water partition coefficient (Wildman–Crippen LogP) is 1.17. The van der Waals surface area contributed by atoms with Gasteiger partial charge >= 0.3 is 0 Å². The molecule has 8 nitrogen and oxygen atoms in total. The molecule has 0 saturated heterocycles. The first-order valence-electron chi connectivity index (χ1n) is 4.21. The zero-order chi connectivity index (χ0) is 16.3. The van der Waals surface area contributed by atoms with Gasteiger partial charge in [0, 0.05) is 27.7 Å². The summed E-state index contributed by atoms with van der Waals surface area (Å²) in [5, 5.41) is 29.7. The van der Waals surface area contributed by atoms with Gasteiger partial charge in [-0.25, -0.2) is 0 Å². The zero-order valence-corrected chi connectivity index (χ0v) is 10.8. The van der Waals surface area contributed by atoms with Gasteiger partial charge in [-0.2, -0.15) is 0 Å². The zero-order valence-electron chi connectivity index (χ0n) is 10.8. The average Bonchev–Trinajstić information content (AvgIpc) is 2.01. The fraction of sp³-hybridized carbons (Fsp3) is 0.400. The van der Waals surface area contributed by atoms with Gasteiger partial charge in [-0.15, -0.1) is 13.2 Å². The van der Waals surface area contributed by atoms with Gasteiger partial charge in [-0.05, 0) is 0 Å². The van der Waals surface area contributed by atoms with Gasteiger partial charge in [0.15, 0.2) is 0 Å². The molecule has 0 aliphatic heterocycles. The molecule has 4 N–H and O–H groups in total. The first kappa shape index (κ1) is 29.6. The van der Waals surface area contributed by atoms with E-state index in [0.29, 0.717) is 0 Å². The molecule has 0 aromatic heterocycles. The molecule has 0 bridgehead atoms. The molecule has 0 aromatic rings. The molecule has 0 saturated carbocycles. The van der Waals surface area contributed by atoms with Gasteiger partial charge in [-0.3, -0.25) is 19.2 Å². The molecule has 18 heavy (non-hydrogen) atoms. The monoisotopic (exact) mass is 268 g/mol. The number of hydrogen-bond donors (Lipinski definition) is 4. The molecule has 0 amide bonds. The molecule has 0 aliphatic carbocycles. The van der Waals surface area contributed by atoms with Crippen molar-refractivity contribution in [2.45, 2.75) is 27.7 Å². The van der Waals surface area contributed by atoms with Gasteiger partial charge in [0.2, 0.25) is 0 Å². The topological polar surface area (TPSA) is 149 Å². The van der Waals surface area contributed by atoms with E-state index in [-0.39, 0.29) is 0 Å². The van der Waals surface area contributed by atoms with E-state index in [0.717, 1.165) is 27.7 Å². The summed E-state index contributed by atoms with van der Waals surface area (Å²) in [6.07, 6.45) is 0. The van der Waals surface area contributed by atoms with Gasteiger partial charge < -0.3 is 20.4 Å². The third-order valence-corrected chi connectivity index (χ3v) is 0. The van der Waals surface area contributed by atoms with Crippen molar-refractivity contribution in [3.63, 3.8) is 0 Å². The van der Waals surface area contributed by atoms with E-state index < -0.39 is 23.9 Å². The highest BCUT2D eigenvalue weighted by atomic mass is 16.4. The van der Waals surface area contributed by atoms with E-state index >= 15 is 0 Å². The largest absolute Gasteiger partial charge is 0.481 e. The minimum Gasteiger partial charge on any atom is -0.481 e. The van der Waals surface area contributed by atoms with Crippen molar-refractivity contribution in [2.75, 3.05) is 0 Å². The Labute approximate surface area is 105 Å². The summed E-state index contributed by atoms with van der Waals surface area (Å²) in [6, 6.07) is 0. The van der Waals surface area contributed by atoms with E-state index in [9.17, 15) is 0 Å². The van der Waals surface area contributed by atoms with E-state index in [1.165, 1.54) is 0 Å². The minimum atomic E-state index is -0.833. The lowest BCUT2D eigenvalue weighted by molar-refractivity contribution is -0.135. The van der Waals surface area contributed by atoms with Crippen LogP contribution < -0.4 is 0 Å². The summed E-state index contributed by atoms with van der Waals surface area (Å²) in [6.45, 7) is 10.3. The lowest BCUT2D eigenvalue weighted by Crippen LogP contribution is -1.78. The van der Waals surface area contributed by atoms with Crippen LogP contribution in [-0.4, -0.2) is 44.3 Å². The summed E-state index contributed by atoms with van der Waals surface area (Å²) >= 11 is 0.